The second-order valence-corrected chi connectivity index (χ2v) is 5.25. The number of rotatable bonds is 3. The van der Waals surface area contributed by atoms with E-state index in [1.54, 1.807) is 14.2 Å². The fourth-order valence-corrected chi connectivity index (χ4v) is 2.92. The number of alkyl halides is 1. The van der Waals surface area contributed by atoms with Crippen molar-refractivity contribution < 1.29 is 14.2 Å². The molecular formula is C14H19BrO3. The first kappa shape index (κ1) is 13.7. The Morgan fingerprint density at radius 1 is 1.22 bits per heavy atom. The lowest BCUT2D eigenvalue weighted by molar-refractivity contribution is -0.0171. The van der Waals surface area contributed by atoms with Gasteiger partial charge in [0.25, 0.3) is 0 Å². The lowest BCUT2D eigenvalue weighted by Crippen LogP contribution is -2.28. The molecule has 1 aliphatic rings. The molecule has 0 saturated carbocycles. The quantitative estimate of drug-likeness (QED) is 0.797. The zero-order valence-corrected chi connectivity index (χ0v) is 12.8. The van der Waals surface area contributed by atoms with E-state index in [9.17, 15) is 0 Å². The van der Waals surface area contributed by atoms with Gasteiger partial charge in [-0.15, -0.1) is 0 Å². The number of fused-ring (bicyclic) bond motifs is 1. The van der Waals surface area contributed by atoms with Crippen LogP contribution in [0.1, 0.15) is 37.0 Å². The Morgan fingerprint density at radius 3 is 2.50 bits per heavy atom. The molecule has 0 saturated heterocycles. The summed E-state index contributed by atoms with van der Waals surface area (Å²) in [6, 6.07) is 4.01. The van der Waals surface area contributed by atoms with Crippen molar-refractivity contribution in [2.24, 2.45) is 0 Å². The molecule has 3 atom stereocenters. The molecule has 3 unspecified atom stereocenters. The first-order valence-corrected chi connectivity index (χ1v) is 7.21. The summed E-state index contributed by atoms with van der Waals surface area (Å²) in [4.78, 5) is 0. The average Bonchev–Trinajstić information content (AvgIpc) is 2.41. The second kappa shape index (κ2) is 5.49. The maximum absolute atomic E-state index is 6.02. The van der Waals surface area contributed by atoms with Crippen molar-refractivity contribution in [3.63, 3.8) is 0 Å². The van der Waals surface area contributed by atoms with Gasteiger partial charge in [0.2, 0.25) is 0 Å². The number of benzene rings is 1. The van der Waals surface area contributed by atoms with Crippen LogP contribution in [-0.4, -0.2) is 25.7 Å². The fourth-order valence-electron chi connectivity index (χ4n) is 2.44. The van der Waals surface area contributed by atoms with Gasteiger partial charge in [-0.25, -0.2) is 0 Å². The molecule has 1 aliphatic heterocycles. The normalized spacial score (nSPS) is 26.6. The van der Waals surface area contributed by atoms with Crippen LogP contribution in [0.2, 0.25) is 0 Å². The molecule has 0 radical (unpaired) electrons. The second-order valence-electron chi connectivity index (χ2n) is 4.61. The van der Waals surface area contributed by atoms with Crippen LogP contribution in [0, 0.1) is 0 Å². The van der Waals surface area contributed by atoms with Gasteiger partial charge in [-0.2, -0.15) is 0 Å². The number of hydrogen-bond donors (Lipinski definition) is 0. The molecule has 0 bridgehead atoms. The van der Waals surface area contributed by atoms with Crippen LogP contribution in [0.25, 0.3) is 0 Å². The van der Waals surface area contributed by atoms with E-state index in [1.807, 2.05) is 6.07 Å². The van der Waals surface area contributed by atoms with Gasteiger partial charge in [-0.1, -0.05) is 22.9 Å². The van der Waals surface area contributed by atoms with Gasteiger partial charge in [0.15, 0.2) is 0 Å². The van der Waals surface area contributed by atoms with E-state index < -0.39 is 0 Å². The topological polar surface area (TPSA) is 27.7 Å². The van der Waals surface area contributed by atoms with E-state index in [0.717, 1.165) is 22.4 Å². The van der Waals surface area contributed by atoms with Crippen molar-refractivity contribution in [3.05, 3.63) is 23.3 Å². The molecule has 0 aromatic heterocycles. The van der Waals surface area contributed by atoms with Gasteiger partial charge >= 0.3 is 0 Å². The van der Waals surface area contributed by atoms with E-state index in [0.29, 0.717) is 5.92 Å². The first-order chi connectivity index (χ1) is 8.62. The minimum atomic E-state index is 0.0343. The van der Waals surface area contributed by atoms with Crippen molar-refractivity contribution in [1.82, 2.24) is 0 Å². The van der Waals surface area contributed by atoms with Gasteiger partial charge in [-0.3, -0.25) is 0 Å². The molecule has 0 spiro atoms. The number of ether oxygens (including phenoxy) is 3. The summed E-state index contributed by atoms with van der Waals surface area (Å²) in [7, 11) is 3.36. The van der Waals surface area contributed by atoms with E-state index in [1.165, 1.54) is 5.56 Å². The molecule has 0 amide bonds. The van der Waals surface area contributed by atoms with Crippen LogP contribution in [0.4, 0.5) is 0 Å². The van der Waals surface area contributed by atoms with Crippen molar-refractivity contribution in [3.8, 4) is 11.5 Å². The summed E-state index contributed by atoms with van der Waals surface area (Å²) in [5.74, 6) is 2.01. The Hall–Kier alpha value is -0.740. The number of hydrogen-bond acceptors (Lipinski definition) is 3. The van der Waals surface area contributed by atoms with E-state index in [4.69, 9.17) is 14.2 Å². The zero-order chi connectivity index (χ0) is 13.3. The van der Waals surface area contributed by atoms with Gasteiger partial charge in [0, 0.05) is 22.9 Å². The molecule has 18 heavy (non-hydrogen) atoms. The predicted molar refractivity (Wildman–Crippen MR) is 75.0 cm³/mol. The zero-order valence-electron chi connectivity index (χ0n) is 11.2. The van der Waals surface area contributed by atoms with Crippen LogP contribution in [0.3, 0.4) is 0 Å². The first-order valence-electron chi connectivity index (χ1n) is 6.09. The third-order valence-electron chi connectivity index (χ3n) is 3.64. The van der Waals surface area contributed by atoms with Gasteiger partial charge in [0.05, 0.1) is 26.4 Å². The van der Waals surface area contributed by atoms with E-state index in [2.05, 4.69) is 35.8 Å². The Kier molecular flexibility index (Phi) is 4.17. The van der Waals surface area contributed by atoms with Crippen LogP contribution >= 0.6 is 15.9 Å². The summed E-state index contributed by atoms with van der Waals surface area (Å²) in [5, 5.41) is 0.764. The molecule has 1 aromatic rings. The molecule has 2 rings (SSSR count). The average molecular weight is 315 g/mol. The molecule has 4 heteroatoms. The largest absolute Gasteiger partial charge is 0.497 e. The maximum atomic E-state index is 6.02. The highest BCUT2D eigenvalue weighted by Crippen LogP contribution is 2.45. The lowest BCUT2D eigenvalue weighted by Gasteiger charge is -2.35. The van der Waals surface area contributed by atoms with Gasteiger partial charge in [-0.05, 0) is 18.6 Å². The lowest BCUT2D eigenvalue weighted by atomic mass is 9.86. The smallest absolute Gasteiger partial charge is 0.128 e. The Bertz CT molecular complexity index is 433. The van der Waals surface area contributed by atoms with Crippen LogP contribution < -0.4 is 9.47 Å². The highest BCUT2D eigenvalue weighted by molar-refractivity contribution is 9.09. The summed E-state index contributed by atoms with van der Waals surface area (Å²) in [6.07, 6.45) is 0.226. The van der Waals surface area contributed by atoms with E-state index in [-0.39, 0.29) is 12.2 Å². The highest BCUT2D eigenvalue weighted by Gasteiger charge is 2.33. The van der Waals surface area contributed by atoms with Crippen LogP contribution in [0.15, 0.2) is 12.1 Å². The van der Waals surface area contributed by atoms with Crippen molar-refractivity contribution in [2.75, 3.05) is 19.5 Å². The SMILES string of the molecule is COc1cc(OC)c2c(c1)C(C)C(C)OC2CBr. The monoisotopic (exact) mass is 314 g/mol. The molecule has 1 heterocycles. The number of methoxy groups -OCH3 is 2. The summed E-state index contributed by atoms with van der Waals surface area (Å²) in [6.45, 7) is 4.28. The molecule has 0 aliphatic carbocycles. The summed E-state index contributed by atoms with van der Waals surface area (Å²) >= 11 is 3.52. The van der Waals surface area contributed by atoms with Crippen molar-refractivity contribution in [1.29, 1.82) is 0 Å². The Labute approximate surface area is 117 Å². The Balaban J connectivity index is 2.59. The maximum Gasteiger partial charge on any atom is 0.128 e. The van der Waals surface area contributed by atoms with Gasteiger partial charge < -0.3 is 14.2 Å². The summed E-state index contributed by atoms with van der Waals surface area (Å²) < 4.78 is 16.9. The standard InChI is InChI=1S/C14H19BrO3/c1-8-9(2)18-13(7-15)14-11(8)5-10(16-3)6-12(14)17-4/h5-6,8-9,13H,7H2,1-4H3. The van der Waals surface area contributed by atoms with E-state index >= 15 is 0 Å². The van der Waals surface area contributed by atoms with Crippen LogP contribution in [-0.2, 0) is 4.74 Å². The van der Waals surface area contributed by atoms with Crippen LogP contribution in [0.5, 0.6) is 11.5 Å². The predicted octanol–water partition coefficient (Wildman–Crippen LogP) is 3.66. The van der Waals surface area contributed by atoms with Gasteiger partial charge in [0.1, 0.15) is 11.5 Å². The van der Waals surface area contributed by atoms with Crippen molar-refractivity contribution >= 4 is 15.9 Å². The molecule has 3 nitrogen and oxygen atoms in total. The number of halogens is 1. The summed E-state index contributed by atoms with van der Waals surface area (Å²) in [5.41, 5.74) is 2.40. The minimum absolute atomic E-state index is 0.0343. The van der Waals surface area contributed by atoms with Crippen molar-refractivity contribution in [2.45, 2.75) is 32.0 Å². The molecule has 0 fully saturated rings. The third-order valence-corrected chi connectivity index (χ3v) is 4.23. The molecular weight excluding hydrogens is 296 g/mol. The molecule has 1 aromatic carbocycles. The molecule has 100 valence electrons. The minimum Gasteiger partial charge on any atom is -0.497 e. The highest BCUT2D eigenvalue weighted by atomic mass is 79.9. The Morgan fingerprint density at radius 2 is 1.94 bits per heavy atom. The fraction of sp³-hybridized carbons (Fsp3) is 0.571. The molecule has 0 N–H and O–H groups in total. The third kappa shape index (κ3) is 2.24.